The second kappa shape index (κ2) is 9.88. The van der Waals surface area contributed by atoms with E-state index in [0.717, 1.165) is 36.8 Å². The molecule has 1 saturated heterocycles. The van der Waals surface area contributed by atoms with Gasteiger partial charge in [0.15, 0.2) is 0 Å². The molecule has 0 amide bonds. The summed E-state index contributed by atoms with van der Waals surface area (Å²) in [5.41, 5.74) is 8.98. The highest BCUT2D eigenvalue weighted by Gasteiger charge is 2.27. The second-order valence-corrected chi connectivity index (χ2v) is 7.69. The number of aliphatic hydroxyl groups is 1. The van der Waals surface area contributed by atoms with Gasteiger partial charge in [-0.2, -0.15) is 0 Å². The van der Waals surface area contributed by atoms with Crippen molar-refractivity contribution in [1.29, 1.82) is 0 Å². The third-order valence-electron chi connectivity index (χ3n) is 5.77. The van der Waals surface area contributed by atoms with Crippen LogP contribution in [0.3, 0.4) is 0 Å². The van der Waals surface area contributed by atoms with Crippen molar-refractivity contribution < 1.29 is 5.11 Å². The largest absolute Gasteiger partial charge is 0.387 e. The fraction of sp³-hybridized carbons (Fsp3) is 0.478. The van der Waals surface area contributed by atoms with Crippen LogP contribution in [-0.2, 0) is 6.42 Å². The standard InChI is InChI=1S/C23H33N3O/c1-18(23(27)21-7-9-22(10-8-21)25-14-13-24)26-15-11-20(12-16-26)17-19-5-3-2-4-6-19/h2-10,18,20,23,25,27H,11-17,24H2,1H3/t18-,23+/m0/s1. The third kappa shape index (κ3) is 5.55. The highest BCUT2D eigenvalue weighted by atomic mass is 16.3. The Morgan fingerprint density at radius 2 is 1.74 bits per heavy atom. The van der Waals surface area contributed by atoms with Crippen molar-refractivity contribution in [3.8, 4) is 0 Å². The van der Waals surface area contributed by atoms with Crippen LogP contribution in [0.1, 0.15) is 37.0 Å². The molecule has 0 aliphatic carbocycles. The highest BCUT2D eigenvalue weighted by Crippen LogP contribution is 2.28. The van der Waals surface area contributed by atoms with Crippen LogP contribution in [0.5, 0.6) is 0 Å². The van der Waals surface area contributed by atoms with Gasteiger partial charge >= 0.3 is 0 Å². The summed E-state index contributed by atoms with van der Waals surface area (Å²) in [5.74, 6) is 0.751. The lowest BCUT2D eigenvalue weighted by Gasteiger charge is -2.38. The van der Waals surface area contributed by atoms with E-state index in [-0.39, 0.29) is 6.04 Å². The number of aliphatic hydroxyl groups excluding tert-OH is 1. The zero-order valence-electron chi connectivity index (χ0n) is 16.3. The summed E-state index contributed by atoms with van der Waals surface area (Å²) in [6.45, 7) is 5.64. The molecule has 0 bridgehead atoms. The molecule has 0 saturated carbocycles. The van der Waals surface area contributed by atoms with Gasteiger partial charge in [-0.3, -0.25) is 4.90 Å². The van der Waals surface area contributed by atoms with E-state index in [2.05, 4.69) is 47.5 Å². The van der Waals surface area contributed by atoms with Gasteiger partial charge < -0.3 is 16.2 Å². The van der Waals surface area contributed by atoms with Crippen LogP contribution in [0.2, 0.25) is 0 Å². The molecule has 4 nitrogen and oxygen atoms in total. The van der Waals surface area contributed by atoms with Crippen LogP contribution in [0.15, 0.2) is 54.6 Å². The summed E-state index contributed by atoms with van der Waals surface area (Å²) in [5, 5.41) is 14.1. The van der Waals surface area contributed by atoms with E-state index in [0.29, 0.717) is 6.54 Å². The quantitative estimate of drug-likeness (QED) is 0.669. The summed E-state index contributed by atoms with van der Waals surface area (Å²) in [7, 11) is 0. The Hall–Kier alpha value is -1.88. The van der Waals surface area contributed by atoms with Gasteiger partial charge in [0.25, 0.3) is 0 Å². The molecule has 2 aromatic rings. The van der Waals surface area contributed by atoms with E-state index in [1.54, 1.807) is 0 Å². The molecule has 0 radical (unpaired) electrons. The predicted octanol–water partition coefficient (Wildman–Crippen LogP) is 3.43. The van der Waals surface area contributed by atoms with Crippen molar-refractivity contribution in [1.82, 2.24) is 4.90 Å². The molecular weight excluding hydrogens is 334 g/mol. The number of rotatable bonds is 8. The number of nitrogens with two attached hydrogens (primary N) is 1. The van der Waals surface area contributed by atoms with Gasteiger partial charge in [0.2, 0.25) is 0 Å². The summed E-state index contributed by atoms with van der Waals surface area (Å²) < 4.78 is 0. The fourth-order valence-electron chi connectivity index (χ4n) is 4.00. The first-order valence-corrected chi connectivity index (χ1v) is 10.2. The molecule has 4 heteroatoms. The molecule has 1 heterocycles. The molecule has 2 aromatic carbocycles. The number of hydrogen-bond acceptors (Lipinski definition) is 4. The zero-order valence-corrected chi connectivity index (χ0v) is 16.3. The maximum atomic E-state index is 10.8. The molecule has 27 heavy (non-hydrogen) atoms. The summed E-state index contributed by atoms with van der Waals surface area (Å²) >= 11 is 0. The number of nitrogens with one attached hydrogen (secondary N) is 1. The lowest BCUT2D eigenvalue weighted by Crippen LogP contribution is -2.43. The Kier molecular flexibility index (Phi) is 7.27. The Morgan fingerprint density at radius 3 is 2.37 bits per heavy atom. The third-order valence-corrected chi connectivity index (χ3v) is 5.77. The Balaban J connectivity index is 1.50. The Bertz CT molecular complexity index is 666. The van der Waals surface area contributed by atoms with Crippen LogP contribution >= 0.6 is 0 Å². The van der Waals surface area contributed by atoms with Crippen molar-refractivity contribution in [2.24, 2.45) is 11.7 Å². The van der Waals surface area contributed by atoms with Gasteiger partial charge in [-0.15, -0.1) is 0 Å². The van der Waals surface area contributed by atoms with Gasteiger partial charge in [0.05, 0.1) is 6.10 Å². The first-order valence-electron chi connectivity index (χ1n) is 10.2. The lowest BCUT2D eigenvalue weighted by molar-refractivity contribution is 0.0373. The molecule has 146 valence electrons. The normalized spacial score (nSPS) is 18.2. The van der Waals surface area contributed by atoms with E-state index < -0.39 is 6.10 Å². The first kappa shape index (κ1) is 19.9. The smallest absolute Gasteiger partial charge is 0.0942 e. The minimum atomic E-state index is -0.459. The van der Waals surface area contributed by atoms with E-state index in [9.17, 15) is 5.11 Å². The topological polar surface area (TPSA) is 61.5 Å². The number of anilines is 1. The SMILES string of the molecule is C[C@@H]([C@@H](O)c1ccc(NCCN)cc1)N1CCC(Cc2ccccc2)CC1. The van der Waals surface area contributed by atoms with E-state index >= 15 is 0 Å². The lowest BCUT2D eigenvalue weighted by atomic mass is 9.89. The highest BCUT2D eigenvalue weighted by molar-refractivity contribution is 5.45. The molecule has 0 aromatic heterocycles. The monoisotopic (exact) mass is 367 g/mol. The van der Waals surface area contributed by atoms with Crippen molar-refractivity contribution in [3.05, 3.63) is 65.7 Å². The Morgan fingerprint density at radius 1 is 1.07 bits per heavy atom. The van der Waals surface area contributed by atoms with Crippen LogP contribution in [0.4, 0.5) is 5.69 Å². The number of likely N-dealkylation sites (tertiary alicyclic amines) is 1. The predicted molar refractivity (Wildman–Crippen MR) is 113 cm³/mol. The fourth-order valence-corrected chi connectivity index (χ4v) is 4.00. The van der Waals surface area contributed by atoms with Crippen molar-refractivity contribution in [3.63, 3.8) is 0 Å². The van der Waals surface area contributed by atoms with Gasteiger partial charge in [0.1, 0.15) is 0 Å². The number of hydrogen-bond donors (Lipinski definition) is 3. The molecular formula is C23H33N3O. The molecule has 1 aliphatic rings. The van der Waals surface area contributed by atoms with E-state index in [4.69, 9.17) is 5.73 Å². The Labute approximate surface area is 163 Å². The van der Waals surface area contributed by atoms with E-state index in [1.807, 2.05) is 24.3 Å². The van der Waals surface area contributed by atoms with Crippen LogP contribution < -0.4 is 11.1 Å². The minimum Gasteiger partial charge on any atom is -0.387 e. The van der Waals surface area contributed by atoms with Crippen LogP contribution in [0, 0.1) is 5.92 Å². The van der Waals surface area contributed by atoms with Crippen LogP contribution in [-0.4, -0.2) is 42.2 Å². The first-order chi connectivity index (χ1) is 13.2. The average molecular weight is 368 g/mol. The van der Waals surface area contributed by atoms with Gasteiger partial charge in [-0.05, 0) is 68.5 Å². The molecule has 0 unspecified atom stereocenters. The molecule has 3 rings (SSSR count). The van der Waals surface area contributed by atoms with Crippen molar-refractivity contribution in [2.45, 2.75) is 38.3 Å². The van der Waals surface area contributed by atoms with E-state index in [1.165, 1.54) is 24.8 Å². The van der Waals surface area contributed by atoms with Crippen LogP contribution in [0.25, 0.3) is 0 Å². The maximum Gasteiger partial charge on any atom is 0.0942 e. The summed E-state index contributed by atoms with van der Waals surface area (Å²) in [6, 6.07) is 19.0. The van der Waals surface area contributed by atoms with Gasteiger partial charge in [-0.25, -0.2) is 0 Å². The minimum absolute atomic E-state index is 0.130. The number of piperidine rings is 1. The van der Waals surface area contributed by atoms with Crippen molar-refractivity contribution in [2.75, 3.05) is 31.5 Å². The molecule has 1 fully saturated rings. The molecule has 4 N–H and O–H groups in total. The molecule has 2 atom stereocenters. The summed E-state index contributed by atoms with van der Waals surface area (Å²) in [6.07, 6.45) is 3.12. The number of nitrogens with zero attached hydrogens (tertiary/aromatic N) is 1. The van der Waals surface area contributed by atoms with Gasteiger partial charge in [-0.1, -0.05) is 42.5 Å². The molecule has 1 aliphatic heterocycles. The van der Waals surface area contributed by atoms with Gasteiger partial charge in [0, 0.05) is 24.8 Å². The second-order valence-electron chi connectivity index (χ2n) is 7.69. The molecule has 0 spiro atoms. The van der Waals surface area contributed by atoms with Crippen molar-refractivity contribution >= 4 is 5.69 Å². The zero-order chi connectivity index (χ0) is 19.1. The summed E-state index contributed by atoms with van der Waals surface area (Å²) in [4.78, 5) is 2.44. The average Bonchev–Trinajstić information content (AvgIpc) is 2.73. The number of benzene rings is 2. The maximum absolute atomic E-state index is 10.8.